The summed E-state index contributed by atoms with van der Waals surface area (Å²) in [6.45, 7) is 4.41. The van der Waals surface area contributed by atoms with Gasteiger partial charge in [0, 0.05) is 30.1 Å². The molecule has 1 saturated carbocycles. The first-order valence-electron chi connectivity index (χ1n) is 10.6. The molecule has 31 heavy (non-hydrogen) atoms. The molecule has 0 unspecified atom stereocenters. The van der Waals surface area contributed by atoms with Crippen LogP contribution in [0.1, 0.15) is 49.1 Å². The van der Waals surface area contributed by atoms with Gasteiger partial charge < -0.3 is 9.47 Å². The molecule has 1 amide bonds. The first-order chi connectivity index (χ1) is 15.0. The number of carbonyl (C=O) groups is 1. The highest BCUT2D eigenvalue weighted by atomic mass is 16.2. The van der Waals surface area contributed by atoms with E-state index in [-0.39, 0.29) is 11.9 Å². The van der Waals surface area contributed by atoms with Crippen LogP contribution < -0.4 is 0 Å². The van der Waals surface area contributed by atoms with Gasteiger partial charge in [-0.1, -0.05) is 18.2 Å². The number of carbonyl (C=O) groups excluding carboxylic acids is 1. The largest absolute Gasteiger partial charge is 0.338 e. The van der Waals surface area contributed by atoms with Crippen LogP contribution in [0.3, 0.4) is 0 Å². The molecule has 2 aliphatic rings. The summed E-state index contributed by atoms with van der Waals surface area (Å²) in [6.07, 6.45) is 5.85. The zero-order valence-corrected chi connectivity index (χ0v) is 17.8. The average molecular weight is 413 g/mol. The van der Waals surface area contributed by atoms with Crippen LogP contribution >= 0.6 is 0 Å². The van der Waals surface area contributed by atoms with Crippen LogP contribution in [0.2, 0.25) is 0 Å². The number of hydrogen-bond donors (Lipinski definition) is 0. The third-order valence-electron chi connectivity index (χ3n) is 6.33. The molecule has 1 fully saturated rings. The van der Waals surface area contributed by atoms with Crippen molar-refractivity contribution in [2.24, 2.45) is 0 Å². The molecular weight excluding hydrogens is 390 g/mol. The van der Waals surface area contributed by atoms with Gasteiger partial charge in [0.25, 0.3) is 0 Å². The van der Waals surface area contributed by atoms with Gasteiger partial charge in [-0.25, -0.2) is 19.6 Å². The number of aryl methyl sites for hydroxylation is 1. The Labute approximate surface area is 179 Å². The lowest BCUT2D eigenvalue weighted by atomic mass is 10.0. The van der Waals surface area contributed by atoms with Gasteiger partial charge in [0.15, 0.2) is 5.82 Å². The van der Waals surface area contributed by atoms with E-state index in [1.165, 1.54) is 0 Å². The van der Waals surface area contributed by atoms with Gasteiger partial charge >= 0.3 is 0 Å². The van der Waals surface area contributed by atoms with Gasteiger partial charge in [-0.15, -0.1) is 0 Å². The summed E-state index contributed by atoms with van der Waals surface area (Å²) in [5, 5.41) is 6.48. The fraction of sp³-hybridized carbons (Fsp3) is 0.348. The Morgan fingerprint density at radius 2 is 2.00 bits per heavy atom. The van der Waals surface area contributed by atoms with Crippen molar-refractivity contribution in [2.45, 2.75) is 45.2 Å². The number of pyridine rings is 1. The zero-order valence-electron chi connectivity index (χ0n) is 17.8. The number of aromatic nitrogens is 6. The Morgan fingerprint density at radius 1 is 1.16 bits per heavy atom. The zero-order chi connectivity index (χ0) is 21.3. The average Bonchev–Trinajstić information content (AvgIpc) is 3.42. The van der Waals surface area contributed by atoms with Gasteiger partial charge in [0.2, 0.25) is 5.91 Å². The Hall–Kier alpha value is -3.55. The second-order valence-electron chi connectivity index (χ2n) is 8.59. The van der Waals surface area contributed by atoms with E-state index < -0.39 is 0 Å². The highest BCUT2D eigenvalue weighted by Crippen LogP contribution is 2.44. The Balaban J connectivity index is 1.53. The monoisotopic (exact) mass is 413 g/mol. The molecule has 3 aromatic heterocycles. The molecule has 1 atom stereocenters. The van der Waals surface area contributed by atoms with Gasteiger partial charge in [0.05, 0.1) is 17.9 Å². The molecule has 0 saturated heterocycles. The second-order valence-corrected chi connectivity index (χ2v) is 8.59. The number of imidazole rings is 1. The normalized spacial score (nSPS) is 18.6. The molecule has 0 radical (unpaired) electrons. The summed E-state index contributed by atoms with van der Waals surface area (Å²) in [5.41, 5.74) is 3.13. The number of likely N-dealkylation sites (N-methyl/N-ethyl adjacent to an activating group) is 1. The number of fused-ring (bicyclic) bond motifs is 2. The molecule has 1 aromatic carbocycles. The molecule has 1 aliphatic carbocycles. The number of hydrogen-bond acceptors (Lipinski definition) is 5. The van der Waals surface area contributed by atoms with E-state index in [0.29, 0.717) is 18.3 Å². The summed E-state index contributed by atoms with van der Waals surface area (Å²) in [6, 6.07) is 8.04. The van der Waals surface area contributed by atoms with Crippen LogP contribution in [0.5, 0.6) is 0 Å². The summed E-state index contributed by atoms with van der Waals surface area (Å²) in [5.74, 6) is 3.10. The fourth-order valence-electron chi connectivity index (χ4n) is 4.59. The summed E-state index contributed by atoms with van der Waals surface area (Å²) >= 11 is 0. The second kappa shape index (κ2) is 6.47. The minimum atomic E-state index is -0.221. The molecule has 6 rings (SSSR count). The van der Waals surface area contributed by atoms with Crippen molar-refractivity contribution in [3.63, 3.8) is 0 Å². The van der Waals surface area contributed by atoms with E-state index in [9.17, 15) is 4.79 Å². The maximum atomic E-state index is 12.7. The van der Waals surface area contributed by atoms with Crippen LogP contribution in [0.4, 0.5) is 0 Å². The van der Waals surface area contributed by atoms with E-state index >= 15 is 0 Å². The van der Waals surface area contributed by atoms with Crippen molar-refractivity contribution in [3.05, 3.63) is 54.1 Å². The maximum absolute atomic E-state index is 12.7. The van der Waals surface area contributed by atoms with E-state index in [0.717, 1.165) is 52.2 Å². The first kappa shape index (κ1) is 18.2. The van der Waals surface area contributed by atoms with Crippen molar-refractivity contribution < 1.29 is 4.79 Å². The first-order valence-corrected chi connectivity index (χ1v) is 10.6. The predicted molar refractivity (Wildman–Crippen MR) is 116 cm³/mol. The number of nitrogens with zero attached hydrogens (tertiary/aromatic N) is 7. The lowest BCUT2D eigenvalue weighted by Crippen LogP contribution is -2.39. The Kier molecular flexibility index (Phi) is 3.81. The quantitative estimate of drug-likeness (QED) is 0.514. The molecular formula is C23H23N7O. The SMILES string of the molecule is Cc1ncn(-c2cc3cccc(-c4nc(C5CC5)n5c4CN(C)C(=O)[C@H]5C)c3cn2)n1. The van der Waals surface area contributed by atoms with Crippen molar-refractivity contribution >= 4 is 16.7 Å². The summed E-state index contributed by atoms with van der Waals surface area (Å²) in [4.78, 5) is 28.4. The third kappa shape index (κ3) is 2.78. The molecule has 0 spiro atoms. The van der Waals surface area contributed by atoms with Gasteiger partial charge in [-0.05, 0) is 38.1 Å². The Morgan fingerprint density at radius 3 is 2.74 bits per heavy atom. The minimum Gasteiger partial charge on any atom is -0.338 e. The molecule has 1 aliphatic heterocycles. The van der Waals surface area contributed by atoms with Crippen LogP contribution in [-0.4, -0.2) is 47.2 Å². The van der Waals surface area contributed by atoms with Crippen LogP contribution in [0.25, 0.3) is 27.8 Å². The van der Waals surface area contributed by atoms with Gasteiger partial charge in [-0.2, -0.15) is 5.10 Å². The molecule has 8 heteroatoms. The van der Waals surface area contributed by atoms with E-state index in [2.05, 4.69) is 37.8 Å². The maximum Gasteiger partial charge on any atom is 0.245 e. The lowest BCUT2D eigenvalue weighted by molar-refractivity contribution is -0.135. The number of rotatable bonds is 3. The smallest absolute Gasteiger partial charge is 0.245 e. The van der Waals surface area contributed by atoms with Crippen molar-refractivity contribution in [3.8, 4) is 17.1 Å². The van der Waals surface area contributed by atoms with Crippen molar-refractivity contribution in [1.29, 1.82) is 0 Å². The predicted octanol–water partition coefficient (Wildman–Crippen LogP) is 3.40. The van der Waals surface area contributed by atoms with E-state index in [1.807, 2.05) is 33.2 Å². The highest BCUT2D eigenvalue weighted by molar-refractivity contribution is 5.97. The molecule has 4 heterocycles. The minimum absolute atomic E-state index is 0.144. The number of benzene rings is 1. The Bertz CT molecular complexity index is 1350. The van der Waals surface area contributed by atoms with E-state index in [4.69, 9.17) is 4.98 Å². The molecule has 8 nitrogen and oxygen atoms in total. The van der Waals surface area contributed by atoms with Gasteiger partial charge in [-0.3, -0.25) is 4.79 Å². The van der Waals surface area contributed by atoms with Crippen LogP contribution in [0, 0.1) is 6.92 Å². The lowest BCUT2D eigenvalue weighted by Gasteiger charge is -2.31. The topological polar surface area (TPSA) is 81.7 Å². The van der Waals surface area contributed by atoms with Crippen molar-refractivity contribution in [2.75, 3.05) is 7.05 Å². The summed E-state index contributed by atoms with van der Waals surface area (Å²) in [7, 11) is 1.87. The van der Waals surface area contributed by atoms with Crippen LogP contribution in [0.15, 0.2) is 36.8 Å². The standard InChI is InChI=1S/C23H23N7O/c1-13-23(31)28(3)11-19-21(26-22(30(13)19)15-7-8-15)17-6-4-5-16-9-20(24-10-18(16)17)29-12-25-14(2)27-29/h4-6,9-10,12-13,15H,7-8,11H2,1-3H3/t13-/m1/s1. The molecule has 4 aromatic rings. The fourth-order valence-corrected chi connectivity index (χ4v) is 4.59. The molecule has 0 N–H and O–H groups in total. The summed E-state index contributed by atoms with van der Waals surface area (Å²) < 4.78 is 3.88. The van der Waals surface area contributed by atoms with Gasteiger partial charge in [0.1, 0.15) is 24.0 Å². The van der Waals surface area contributed by atoms with E-state index in [1.54, 1.807) is 15.9 Å². The highest BCUT2D eigenvalue weighted by Gasteiger charge is 2.38. The number of amides is 1. The van der Waals surface area contributed by atoms with Crippen molar-refractivity contribution in [1.82, 2.24) is 34.2 Å². The van der Waals surface area contributed by atoms with Crippen LogP contribution in [-0.2, 0) is 11.3 Å². The third-order valence-corrected chi connectivity index (χ3v) is 6.33. The molecule has 156 valence electrons. The molecule has 0 bridgehead atoms.